The predicted octanol–water partition coefficient (Wildman–Crippen LogP) is 0.274. The average Bonchev–Trinajstić information content (AvgIpc) is 2.49. The fourth-order valence-corrected chi connectivity index (χ4v) is 1.74. The van der Waals surface area contributed by atoms with Crippen LogP contribution in [0.1, 0.15) is 5.56 Å². The Hall–Kier alpha value is -2.19. The van der Waals surface area contributed by atoms with Crippen LogP contribution >= 0.6 is 0 Å². The van der Waals surface area contributed by atoms with E-state index in [4.69, 9.17) is 20.4 Å². The van der Waals surface area contributed by atoms with Gasteiger partial charge in [0, 0.05) is 5.56 Å². The molecule has 0 spiro atoms. The van der Waals surface area contributed by atoms with Gasteiger partial charge in [0.2, 0.25) is 0 Å². The summed E-state index contributed by atoms with van der Waals surface area (Å²) in [6.45, 7) is 0.913. The van der Waals surface area contributed by atoms with Gasteiger partial charge in [0.1, 0.15) is 5.82 Å². The molecule has 1 unspecified atom stereocenters. The fraction of sp³-hybridized carbons (Fsp3) is 0.333. The molecule has 1 heterocycles. The maximum absolute atomic E-state index is 13.2. The maximum atomic E-state index is 13.2. The number of carbonyl (C=O) groups excluding carboxylic acids is 1. The number of oxime groups is 1. The van der Waals surface area contributed by atoms with Crippen molar-refractivity contribution in [2.75, 3.05) is 25.1 Å². The molecule has 108 valence electrons. The highest BCUT2D eigenvalue weighted by molar-refractivity contribution is 6.06. The third-order valence-electron chi connectivity index (χ3n) is 2.73. The second-order valence-corrected chi connectivity index (χ2v) is 4.10. The molecule has 1 atom stereocenters. The lowest BCUT2D eigenvalue weighted by Gasteiger charge is -2.22. The van der Waals surface area contributed by atoms with Gasteiger partial charge in [0.15, 0.2) is 11.9 Å². The Morgan fingerprint density at radius 2 is 2.30 bits per heavy atom. The number of carbonyl (C=O) groups is 1. The zero-order valence-corrected chi connectivity index (χ0v) is 10.5. The highest BCUT2D eigenvalue weighted by atomic mass is 19.1. The summed E-state index contributed by atoms with van der Waals surface area (Å²) in [5.74, 6) is -1.31. The SMILES string of the molecule is N/C(=N/O)c1cc(F)ccc1NC(=O)C1COCCO1. The molecule has 1 fully saturated rings. The Bertz CT molecular complexity index is 529. The number of nitrogens with two attached hydrogens (primary N) is 1. The minimum absolute atomic E-state index is 0.0811. The Morgan fingerprint density at radius 3 is 2.95 bits per heavy atom. The lowest BCUT2D eigenvalue weighted by molar-refractivity contribution is -0.142. The molecule has 0 aromatic heterocycles. The number of hydrogen-bond donors (Lipinski definition) is 3. The van der Waals surface area contributed by atoms with E-state index in [-0.39, 0.29) is 23.7 Å². The number of amides is 1. The second kappa shape index (κ2) is 6.31. The molecule has 2 rings (SSSR count). The fourth-order valence-electron chi connectivity index (χ4n) is 1.74. The molecule has 1 aromatic carbocycles. The van der Waals surface area contributed by atoms with Crippen LogP contribution in [0, 0.1) is 5.82 Å². The summed E-state index contributed by atoms with van der Waals surface area (Å²) in [5, 5.41) is 14.0. The van der Waals surface area contributed by atoms with Crippen LogP contribution in [-0.2, 0) is 14.3 Å². The number of nitrogens with zero attached hydrogens (tertiary/aromatic N) is 1. The topological polar surface area (TPSA) is 106 Å². The maximum Gasteiger partial charge on any atom is 0.255 e. The summed E-state index contributed by atoms with van der Waals surface area (Å²) in [6.07, 6.45) is -0.742. The van der Waals surface area contributed by atoms with Crippen molar-refractivity contribution in [3.8, 4) is 0 Å². The van der Waals surface area contributed by atoms with Crippen molar-refractivity contribution in [3.63, 3.8) is 0 Å². The van der Waals surface area contributed by atoms with Crippen LogP contribution in [0.3, 0.4) is 0 Å². The van der Waals surface area contributed by atoms with E-state index in [1.165, 1.54) is 6.07 Å². The number of anilines is 1. The monoisotopic (exact) mass is 283 g/mol. The highest BCUT2D eigenvalue weighted by Gasteiger charge is 2.23. The first-order valence-corrected chi connectivity index (χ1v) is 5.89. The van der Waals surface area contributed by atoms with E-state index in [0.29, 0.717) is 13.2 Å². The van der Waals surface area contributed by atoms with E-state index in [1.54, 1.807) is 0 Å². The molecular formula is C12H14FN3O4. The van der Waals surface area contributed by atoms with E-state index < -0.39 is 17.8 Å². The number of nitrogens with one attached hydrogen (secondary N) is 1. The highest BCUT2D eigenvalue weighted by Crippen LogP contribution is 2.18. The minimum Gasteiger partial charge on any atom is -0.409 e. The molecule has 0 radical (unpaired) electrons. The normalized spacial score (nSPS) is 19.6. The van der Waals surface area contributed by atoms with Gasteiger partial charge in [-0.15, -0.1) is 0 Å². The molecule has 0 saturated carbocycles. The van der Waals surface area contributed by atoms with Crippen molar-refractivity contribution in [1.29, 1.82) is 0 Å². The molecule has 0 bridgehead atoms. The largest absolute Gasteiger partial charge is 0.409 e. The van der Waals surface area contributed by atoms with Crippen LogP contribution in [0.25, 0.3) is 0 Å². The van der Waals surface area contributed by atoms with Crippen LogP contribution in [0.5, 0.6) is 0 Å². The van der Waals surface area contributed by atoms with Gasteiger partial charge in [-0.05, 0) is 18.2 Å². The van der Waals surface area contributed by atoms with Crippen molar-refractivity contribution < 1.29 is 23.9 Å². The van der Waals surface area contributed by atoms with E-state index in [1.807, 2.05) is 0 Å². The molecule has 7 nitrogen and oxygen atoms in total. The van der Waals surface area contributed by atoms with Crippen LogP contribution in [0.2, 0.25) is 0 Å². The van der Waals surface area contributed by atoms with Crippen LogP contribution in [-0.4, -0.2) is 42.9 Å². The molecule has 4 N–H and O–H groups in total. The van der Waals surface area contributed by atoms with Crippen molar-refractivity contribution in [2.24, 2.45) is 10.9 Å². The first-order chi connectivity index (χ1) is 9.61. The van der Waals surface area contributed by atoms with Crippen LogP contribution in [0.15, 0.2) is 23.4 Å². The average molecular weight is 283 g/mol. The number of rotatable bonds is 3. The molecule has 1 saturated heterocycles. The van der Waals surface area contributed by atoms with Gasteiger partial charge in [-0.2, -0.15) is 0 Å². The van der Waals surface area contributed by atoms with E-state index in [2.05, 4.69) is 10.5 Å². The van der Waals surface area contributed by atoms with Gasteiger partial charge < -0.3 is 25.7 Å². The molecular weight excluding hydrogens is 269 g/mol. The van der Waals surface area contributed by atoms with E-state index in [9.17, 15) is 9.18 Å². The molecule has 1 aliphatic rings. The van der Waals surface area contributed by atoms with Crippen molar-refractivity contribution in [2.45, 2.75) is 6.10 Å². The van der Waals surface area contributed by atoms with Crippen LogP contribution < -0.4 is 11.1 Å². The molecule has 8 heteroatoms. The summed E-state index contributed by atoms with van der Waals surface area (Å²) in [7, 11) is 0. The number of benzene rings is 1. The molecule has 0 aliphatic carbocycles. The lowest BCUT2D eigenvalue weighted by atomic mass is 10.1. The van der Waals surface area contributed by atoms with Crippen LogP contribution in [0.4, 0.5) is 10.1 Å². The second-order valence-electron chi connectivity index (χ2n) is 4.10. The minimum atomic E-state index is -0.742. The number of halogens is 1. The summed E-state index contributed by atoms with van der Waals surface area (Å²) >= 11 is 0. The lowest BCUT2D eigenvalue weighted by Crippen LogP contribution is -2.39. The number of amidine groups is 1. The van der Waals surface area contributed by atoms with E-state index in [0.717, 1.165) is 12.1 Å². The quantitative estimate of drug-likeness (QED) is 0.319. The van der Waals surface area contributed by atoms with Gasteiger partial charge in [-0.3, -0.25) is 4.79 Å². The van der Waals surface area contributed by atoms with Gasteiger partial charge in [0.25, 0.3) is 5.91 Å². The third kappa shape index (κ3) is 3.22. The standard InChI is InChI=1S/C12H14FN3O4/c13-7-1-2-9(8(5-7)11(14)16-18)15-12(17)10-6-19-3-4-20-10/h1-2,5,10,18H,3-4,6H2,(H2,14,16)(H,15,17). The Kier molecular flexibility index (Phi) is 4.49. The Morgan fingerprint density at radius 1 is 1.50 bits per heavy atom. The number of ether oxygens (including phenoxy) is 2. The van der Waals surface area contributed by atoms with Gasteiger partial charge in [0.05, 0.1) is 25.5 Å². The molecule has 1 aromatic rings. The van der Waals surface area contributed by atoms with Gasteiger partial charge in [-0.25, -0.2) is 4.39 Å². The zero-order chi connectivity index (χ0) is 14.5. The van der Waals surface area contributed by atoms with Crippen molar-refractivity contribution in [1.82, 2.24) is 0 Å². The van der Waals surface area contributed by atoms with Crippen molar-refractivity contribution >= 4 is 17.4 Å². The first-order valence-electron chi connectivity index (χ1n) is 5.89. The van der Waals surface area contributed by atoms with E-state index >= 15 is 0 Å². The Balaban J connectivity index is 2.18. The first kappa shape index (κ1) is 14.2. The summed E-state index contributed by atoms with van der Waals surface area (Å²) < 4.78 is 23.6. The zero-order valence-electron chi connectivity index (χ0n) is 10.5. The summed E-state index contributed by atoms with van der Waals surface area (Å²) in [4.78, 5) is 12.0. The molecule has 1 amide bonds. The predicted molar refractivity (Wildman–Crippen MR) is 68.1 cm³/mol. The smallest absolute Gasteiger partial charge is 0.255 e. The number of hydrogen-bond acceptors (Lipinski definition) is 5. The van der Waals surface area contributed by atoms with Crippen molar-refractivity contribution in [3.05, 3.63) is 29.6 Å². The third-order valence-corrected chi connectivity index (χ3v) is 2.73. The molecule has 1 aliphatic heterocycles. The summed E-state index contributed by atoms with van der Waals surface area (Å²) in [6, 6.07) is 3.54. The summed E-state index contributed by atoms with van der Waals surface area (Å²) in [5.41, 5.74) is 5.75. The van der Waals surface area contributed by atoms with Gasteiger partial charge in [-0.1, -0.05) is 5.16 Å². The Labute approximate surface area is 114 Å². The molecule has 20 heavy (non-hydrogen) atoms. The van der Waals surface area contributed by atoms with Gasteiger partial charge >= 0.3 is 0 Å².